The van der Waals surface area contributed by atoms with Crippen molar-refractivity contribution in [1.82, 2.24) is 15.2 Å². The molecule has 1 saturated heterocycles. The zero-order chi connectivity index (χ0) is 23.9. The minimum absolute atomic E-state index is 0.106. The molecule has 2 N–H and O–H groups in total. The molecule has 1 aromatic heterocycles. The Balaban J connectivity index is 1.05. The number of carbonyl (C=O) groups is 1. The molecule has 1 amide bonds. The van der Waals surface area contributed by atoms with Crippen LogP contribution in [0, 0.1) is 5.92 Å². The molecule has 5 heteroatoms. The summed E-state index contributed by atoms with van der Waals surface area (Å²) >= 11 is 0. The summed E-state index contributed by atoms with van der Waals surface area (Å²) < 4.78 is 5.98. The molecule has 0 aliphatic carbocycles. The van der Waals surface area contributed by atoms with Crippen molar-refractivity contribution >= 4 is 16.8 Å². The van der Waals surface area contributed by atoms with Gasteiger partial charge in [-0.1, -0.05) is 60.7 Å². The summed E-state index contributed by atoms with van der Waals surface area (Å²) in [7, 11) is 0. The van der Waals surface area contributed by atoms with Crippen LogP contribution in [0.1, 0.15) is 29.5 Å². The SMILES string of the molecule is O=C(NCCc1c[nH]c2ccccc12)C1CCN(Cc2cccc(OCc3ccccc3)c2)CC1. The maximum Gasteiger partial charge on any atom is 0.223 e. The second-order valence-corrected chi connectivity index (χ2v) is 9.37. The van der Waals surface area contributed by atoms with E-state index in [0.717, 1.165) is 50.2 Å². The average Bonchev–Trinajstić information content (AvgIpc) is 3.32. The van der Waals surface area contributed by atoms with Gasteiger partial charge in [0.2, 0.25) is 5.91 Å². The Bertz CT molecular complexity index is 1240. The first-order valence-corrected chi connectivity index (χ1v) is 12.6. The third kappa shape index (κ3) is 6.11. The van der Waals surface area contributed by atoms with Crippen molar-refractivity contribution in [2.45, 2.75) is 32.4 Å². The number of likely N-dealkylation sites (tertiary alicyclic amines) is 1. The molecule has 3 aromatic carbocycles. The molecule has 180 valence electrons. The second-order valence-electron chi connectivity index (χ2n) is 9.37. The highest BCUT2D eigenvalue weighted by Gasteiger charge is 2.24. The van der Waals surface area contributed by atoms with Crippen LogP contribution in [0.3, 0.4) is 0 Å². The smallest absolute Gasteiger partial charge is 0.223 e. The number of rotatable bonds is 9. The molecule has 1 aliphatic heterocycles. The summed E-state index contributed by atoms with van der Waals surface area (Å²) in [5, 5.41) is 4.41. The van der Waals surface area contributed by atoms with E-state index in [0.29, 0.717) is 13.2 Å². The Morgan fingerprint density at radius 2 is 1.71 bits per heavy atom. The lowest BCUT2D eigenvalue weighted by Crippen LogP contribution is -2.40. The van der Waals surface area contributed by atoms with Crippen molar-refractivity contribution < 1.29 is 9.53 Å². The molecule has 1 aliphatic rings. The molecule has 0 atom stereocenters. The van der Waals surface area contributed by atoms with Gasteiger partial charge in [-0.2, -0.15) is 0 Å². The lowest BCUT2D eigenvalue weighted by molar-refractivity contribution is -0.126. The van der Waals surface area contributed by atoms with Crippen molar-refractivity contribution in [2.75, 3.05) is 19.6 Å². The van der Waals surface area contributed by atoms with Crippen LogP contribution in [0.25, 0.3) is 10.9 Å². The summed E-state index contributed by atoms with van der Waals surface area (Å²) in [6.45, 7) is 4.02. The number of hydrogen-bond acceptors (Lipinski definition) is 3. The van der Waals surface area contributed by atoms with Crippen LogP contribution in [0.15, 0.2) is 85.1 Å². The minimum atomic E-state index is 0.106. The van der Waals surface area contributed by atoms with Crippen molar-refractivity contribution in [1.29, 1.82) is 0 Å². The number of ether oxygens (including phenoxy) is 1. The van der Waals surface area contributed by atoms with Crippen molar-refractivity contribution in [3.8, 4) is 5.75 Å². The van der Waals surface area contributed by atoms with E-state index in [9.17, 15) is 4.79 Å². The van der Waals surface area contributed by atoms with Gasteiger partial charge in [0.25, 0.3) is 0 Å². The van der Waals surface area contributed by atoms with Crippen LogP contribution in [0.2, 0.25) is 0 Å². The molecule has 5 nitrogen and oxygen atoms in total. The Hall–Kier alpha value is -3.57. The van der Waals surface area contributed by atoms with Gasteiger partial charge in [-0.05, 0) is 67.2 Å². The van der Waals surface area contributed by atoms with Gasteiger partial charge >= 0.3 is 0 Å². The fourth-order valence-electron chi connectivity index (χ4n) is 4.89. The molecule has 0 radical (unpaired) electrons. The zero-order valence-corrected chi connectivity index (χ0v) is 20.1. The summed E-state index contributed by atoms with van der Waals surface area (Å²) in [4.78, 5) is 18.5. The van der Waals surface area contributed by atoms with E-state index in [1.54, 1.807) is 0 Å². The quantitative estimate of drug-likeness (QED) is 0.350. The third-order valence-electron chi connectivity index (χ3n) is 6.88. The zero-order valence-electron chi connectivity index (χ0n) is 20.1. The summed E-state index contributed by atoms with van der Waals surface area (Å²) in [6.07, 6.45) is 4.71. The lowest BCUT2D eigenvalue weighted by atomic mass is 9.95. The highest BCUT2D eigenvalue weighted by atomic mass is 16.5. The second kappa shape index (κ2) is 11.2. The number of para-hydroxylation sites is 1. The van der Waals surface area contributed by atoms with E-state index in [2.05, 4.69) is 69.9 Å². The summed E-state index contributed by atoms with van der Waals surface area (Å²) in [6, 6.07) is 26.9. The predicted octanol–water partition coefficient (Wildman–Crippen LogP) is 5.32. The maximum absolute atomic E-state index is 12.7. The van der Waals surface area contributed by atoms with Gasteiger partial charge in [0, 0.05) is 36.1 Å². The van der Waals surface area contributed by atoms with Gasteiger partial charge in [-0.3, -0.25) is 9.69 Å². The Labute approximate surface area is 207 Å². The predicted molar refractivity (Wildman–Crippen MR) is 140 cm³/mol. The van der Waals surface area contributed by atoms with Crippen LogP contribution in [0.5, 0.6) is 5.75 Å². The molecule has 35 heavy (non-hydrogen) atoms. The van der Waals surface area contributed by atoms with Crippen LogP contribution in [0.4, 0.5) is 0 Å². The lowest BCUT2D eigenvalue weighted by Gasteiger charge is -2.31. The fourth-order valence-corrected chi connectivity index (χ4v) is 4.89. The van der Waals surface area contributed by atoms with E-state index in [1.807, 2.05) is 30.3 Å². The van der Waals surface area contributed by atoms with Crippen molar-refractivity contribution in [3.63, 3.8) is 0 Å². The van der Waals surface area contributed by atoms with Gasteiger partial charge in [-0.25, -0.2) is 0 Å². The summed E-state index contributed by atoms with van der Waals surface area (Å²) in [5.74, 6) is 1.20. The molecule has 1 fully saturated rings. The van der Waals surface area contributed by atoms with Crippen LogP contribution >= 0.6 is 0 Å². The maximum atomic E-state index is 12.7. The standard InChI is InChI=1S/C30H33N3O2/c34-30(31-16-13-26-20-32-29-12-5-4-11-28(26)29)25-14-17-33(18-15-25)21-24-9-6-10-27(19-24)35-22-23-7-2-1-3-8-23/h1-12,19-20,25,32H,13-18,21-22H2,(H,31,34). The average molecular weight is 468 g/mol. The van der Waals surface area contributed by atoms with Crippen molar-refractivity contribution in [2.24, 2.45) is 5.92 Å². The number of benzene rings is 3. The van der Waals surface area contributed by atoms with Crippen LogP contribution in [-0.2, 0) is 24.4 Å². The Kier molecular flexibility index (Phi) is 7.44. The molecule has 0 spiro atoms. The van der Waals surface area contributed by atoms with Gasteiger partial charge in [0.15, 0.2) is 0 Å². The van der Waals surface area contributed by atoms with E-state index < -0.39 is 0 Å². The van der Waals surface area contributed by atoms with E-state index >= 15 is 0 Å². The number of H-pyrrole nitrogens is 1. The Morgan fingerprint density at radius 1 is 0.943 bits per heavy atom. The van der Waals surface area contributed by atoms with Gasteiger partial charge in [0.05, 0.1) is 0 Å². The van der Waals surface area contributed by atoms with Gasteiger partial charge in [0.1, 0.15) is 12.4 Å². The normalized spacial score (nSPS) is 14.7. The molecule has 2 heterocycles. The van der Waals surface area contributed by atoms with E-state index in [4.69, 9.17) is 4.74 Å². The minimum Gasteiger partial charge on any atom is -0.489 e. The molecule has 0 bridgehead atoms. The molecular formula is C30H33N3O2. The number of aromatic nitrogens is 1. The number of amides is 1. The highest BCUT2D eigenvalue weighted by Crippen LogP contribution is 2.22. The molecule has 5 rings (SSSR count). The van der Waals surface area contributed by atoms with Crippen molar-refractivity contribution in [3.05, 3.63) is 102 Å². The first kappa shape index (κ1) is 23.2. The van der Waals surface area contributed by atoms with Gasteiger partial charge < -0.3 is 15.0 Å². The third-order valence-corrected chi connectivity index (χ3v) is 6.88. The number of hydrogen-bond donors (Lipinski definition) is 2. The summed E-state index contributed by atoms with van der Waals surface area (Å²) in [5.41, 5.74) is 4.82. The number of piperidine rings is 1. The fraction of sp³-hybridized carbons (Fsp3) is 0.300. The van der Waals surface area contributed by atoms with E-state index in [1.165, 1.54) is 22.1 Å². The molecule has 0 saturated carbocycles. The first-order valence-electron chi connectivity index (χ1n) is 12.6. The molecule has 4 aromatic rings. The molecule has 0 unspecified atom stereocenters. The first-order chi connectivity index (χ1) is 17.2. The van der Waals surface area contributed by atoms with Crippen LogP contribution in [-0.4, -0.2) is 35.4 Å². The van der Waals surface area contributed by atoms with Crippen LogP contribution < -0.4 is 10.1 Å². The molecular weight excluding hydrogens is 434 g/mol. The number of nitrogens with one attached hydrogen (secondary N) is 2. The largest absolute Gasteiger partial charge is 0.489 e. The topological polar surface area (TPSA) is 57.4 Å². The van der Waals surface area contributed by atoms with E-state index in [-0.39, 0.29) is 11.8 Å². The van der Waals surface area contributed by atoms with Gasteiger partial charge in [-0.15, -0.1) is 0 Å². The number of carbonyl (C=O) groups excluding carboxylic acids is 1. The monoisotopic (exact) mass is 467 g/mol. The number of nitrogens with zero attached hydrogens (tertiary/aromatic N) is 1. The highest BCUT2D eigenvalue weighted by molar-refractivity contribution is 5.83. The number of aromatic amines is 1. The number of fused-ring (bicyclic) bond motifs is 1. The Morgan fingerprint density at radius 3 is 2.57 bits per heavy atom.